The molecule has 0 saturated carbocycles. The van der Waals surface area contributed by atoms with Crippen LogP contribution in [0.2, 0.25) is 0 Å². The zero-order valence-corrected chi connectivity index (χ0v) is 12.1. The molecular formula is C17H17NOS. The molecule has 3 atom stereocenters. The predicted molar refractivity (Wildman–Crippen MR) is 83.9 cm³/mol. The van der Waals surface area contributed by atoms with Gasteiger partial charge in [0.25, 0.3) is 0 Å². The third kappa shape index (κ3) is 1.92. The average molecular weight is 283 g/mol. The summed E-state index contributed by atoms with van der Waals surface area (Å²) in [5.74, 6) is 0. The normalized spacial score (nSPS) is 29.2. The molecule has 0 N–H and O–H groups in total. The van der Waals surface area contributed by atoms with E-state index in [-0.39, 0.29) is 5.25 Å². The summed E-state index contributed by atoms with van der Waals surface area (Å²) in [5.41, 5.74) is 3.66. The van der Waals surface area contributed by atoms with Crippen LogP contribution in [0.1, 0.15) is 31.2 Å². The smallest absolute Gasteiger partial charge is 0.0776 e. The monoisotopic (exact) mass is 283 g/mol. The van der Waals surface area contributed by atoms with Gasteiger partial charge in [0, 0.05) is 33.2 Å². The Labute approximate surface area is 121 Å². The van der Waals surface area contributed by atoms with Crippen molar-refractivity contribution in [2.24, 2.45) is 0 Å². The summed E-state index contributed by atoms with van der Waals surface area (Å²) >= 11 is 0. The van der Waals surface area contributed by atoms with Crippen molar-refractivity contribution in [1.29, 1.82) is 0 Å². The van der Waals surface area contributed by atoms with Crippen molar-refractivity contribution in [3.8, 4) is 0 Å². The van der Waals surface area contributed by atoms with Crippen molar-refractivity contribution < 1.29 is 4.21 Å². The molecule has 1 aromatic carbocycles. The first-order chi connectivity index (χ1) is 9.83. The van der Waals surface area contributed by atoms with Crippen LogP contribution in [0.5, 0.6) is 0 Å². The molecular weight excluding hydrogens is 266 g/mol. The first-order valence-corrected chi connectivity index (χ1v) is 8.55. The van der Waals surface area contributed by atoms with Gasteiger partial charge in [0.05, 0.1) is 10.8 Å². The lowest BCUT2D eigenvalue weighted by Crippen LogP contribution is -2.33. The summed E-state index contributed by atoms with van der Waals surface area (Å²) in [5, 5.41) is 1.80. The number of nitrogens with zero attached hydrogens (tertiary/aromatic N) is 1. The van der Waals surface area contributed by atoms with Gasteiger partial charge in [-0.3, -0.25) is 9.19 Å². The van der Waals surface area contributed by atoms with Gasteiger partial charge in [0.1, 0.15) is 0 Å². The predicted octanol–water partition coefficient (Wildman–Crippen LogP) is 3.69. The van der Waals surface area contributed by atoms with E-state index in [2.05, 4.69) is 35.3 Å². The third-order valence-corrected chi connectivity index (χ3v) is 6.48. The van der Waals surface area contributed by atoms with E-state index in [0.29, 0.717) is 5.25 Å². The number of aromatic nitrogens is 1. The van der Waals surface area contributed by atoms with Crippen molar-refractivity contribution in [2.45, 2.75) is 36.2 Å². The second kappa shape index (κ2) is 4.81. The fraction of sp³-hybridized carbons (Fsp3) is 0.353. The van der Waals surface area contributed by atoms with Gasteiger partial charge < -0.3 is 0 Å². The molecule has 3 heterocycles. The molecule has 0 amide bonds. The molecule has 3 unspecified atom stereocenters. The number of pyridine rings is 1. The minimum Gasteiger partial charge on any atom is -0.259 e. The van der Waals surface area contributed by atoms with E-state index >= 15 is 0 Å². The Bertz CT molecular complexity index is 717. The molecule has 0 radical (unpaired) electrons. The highest BCUT2D eigenvalue weighted by atomic mass is 32.2. The second-order valence-electron chi connectivity index (χ2n) is 5.70. The highest BCUT2D eigenvalue weighted by Crippen LogP contribution is 2.38. The fourth-order valence-electron chi connectivity index (χ4n) is 3.46. The molecule has 102 valence electrons. The summed E-state index contributed by atoms with van der Waals surface area (Å²) < 4.78 is 12.3. The lowest BCUT2D eigenvalue weighted by Gasteiger charge is -2.33. The van der Waals surface area contributed by atoms with Crippen LogP contribution in [0.15, 0.2) is 42.6 Å². The number of hydrogen-bond acceptors (Lipinski definition) is 2. The maximum absolute atomic E-state index is 12.3. The number of rotatable bonds is 1. The minimum atomic E-state index is -0.661. The molecule has 2 bridgehead atoms. The summed E-state index contributed by atoms with van der Waals surface area (Å²) in [6.45, 7) is 0. The van der Waals surface area contributed by atoms with E-state index in [1.54, 1.807) is 0 Å². The molecule has 3 heteroatoms. The van der Waals surface area contributed by atoms with Crippen LogP contribution in [-0.2, 0) is 10.8 Å². The van der Waals surface area contributed by atoms with Crippen LogP contribution in [0.3, 0.4) is 0 Å². The quantitative estimate of drug-likeness (QED) is 0.799. The molecule has 20 heavy (non-hydrogen) atoms. The fourth-order valence-corrected chi connectivity index (χ4v) is 5.40. The van der Waals surface area contributed by atoms with Gasteiger partial charge in [-0.15, -0.1) is 0 Å². The van der Waals surface area contributed by atoms with Gasteiger partial charge in [0.2, 0.25) is 0 Å². The van der Waals surface area contributed by atoms with Gasteiger partial charge >= 0.3 is 0 Å². The topological polar surface area (TPSA) is 30.0 Å². The molecule has 2 aromatic rings. The van der Waals surface area contributed by atoms with Gasteiger partial charge in [-0.25, -0.2) is 0 Å². The maximum atomic E-state index is 12.3. The second-order valence-corrected chi connectivity index (χ2v) is 7.63. The lowest BCUT2D eigenvalue weighted by atomic mass is 9.92. The first kappa shape index (κ1) is 12.3. The number of hydrogen-bond donors (Lipinski definition) is 0. The van der Waals surface area contributed by atoms with Crippen LogP contribution in [0.4, 0.5) is 0 Å². The van der Waals surface area contributed by atoms with Gasteiger partial charge in [-0.2, -0.15) is 0 Å². The number of allylic oxidation sites excluding steroid dienone is 1. The Morgan fingerprint density at radius 2 is 2.05 bits per heavy atom. The lowest BCUT2D eigenvalue weighted by molar-refractivity contribution is 0.579. The Hall–Kier alpha value is -1.48. The van der Waals surface area contributed by atoms with Crippen LogP contribution in [-0.4, -0.2) is 19.7 Å². The van der Waals surface area contributed by atoms with E-state index in [4.69, 9.17) is 0 Å². The van der Waals surface area contributed by atoms with E-state index < -0.39 is 10.8 Å². The first-order valence-electron chi connectivity index (χ1n) is 7.27. The number of benzene rings is 1. The SMILES string of the molecule is O=S1C2C=C(c3cccc4cccnc34)CC1CCC2. The van der Waals surface area contributed by atoms with E-state index in [1.807, 2.05) is 12.3 Å². The van der Waals surface area contributed by atoms with Crippen LogP contribution in [0.25, 0.3) is 16.5 Å². The highest BCUT2D eigenvalue weighted by Gasteiger charge is 2.33. The molecule has 4 rings (SSSR count). The largest absolute Gasteiger partial charge is 0.259 e. The van der Waals surface area contributed by atoms with Crippen molar-refractivity contribution in [3.63, 3.8) is 0 Å². The molecule has 2 aliphatic heterocycles. The Balaban J connectivity index is 1.86. The number of para-hydroxylation sites is 1. The molecule has 1 aromatic heterocycles. The molecule has 1 fully saturated rings. The molecule has 1 saturated heterocycles. The number of fused-ring (bicyclic) bond motifs is 3. The van der Waals surface area contributed by atoms with Crippen LogP contribution < -0.4 is 0 Å². The van der Waals surface area contributed by atoms with Crippen molar-refractivity contribution >= 4 is 27.3 Å². The van der Waals surface area contributed by atoms with Crippen LogP contribution >= 0.6 is 0 Å². The Kier molecular flexibility index (Phi) is 2.95. The van der Waals surface area contributed by atoms with E-state index in [0.717, 1.165) is 24.8 Å². The molecule has 2 aliphatic rings. The Morgan fingerprint density at radius 3 is 2.95 bits per heavy atom. The van der Waals surface area contributed by atoms with Crippen molar-refractivity contribution in [1.82, 2.24) is 4.98 Å². The average Bonchev–Trinajstić information content (AvgIpc) is 2.46. The standard InChI is InChI=1S/C17H17NOS/c19-20-14-6-2-7-15(20)11-13(10-14)16-8-1-4-12-5-3-9-18-17(12)16/h1,3-5,8-10,14-15H,2,6-7,11H2. The summed E-state index contributed by atoms with van der Waals surface area (Å²) in [4.78, 5) is 4.55. The van der Waals surface area contributed by atoms with Gasteiger partial charge in [-0.1, -0.05) is 36.8 Å². The molecule has 0 aliphatic carbocycles. The minimum absolute atomic E-state index is 0.261. The Morgan fingerprint density at radius 1 is 1.15 bits per heavy atom. The third-order valence-electron chi connectivity index (χ3n) is 4.45. The van der Waals surface area contributed by atoms with Gasteiger partial charge in [0.15, 0.2) is 0 Å². The highest BCUT2D eigenvalue weighted by molar-refractivity contribution is 7.86. The van der Waals surface area contributed by atoms with Crippen molar-refractivity contribution in [2.75, 3.05) is 0 Å². The van der Waals surface area contributed by atoms with Gasteiger partial charge in [-0.05, 0) is 30.9 Å². The zero-order valence-electron chi connectivity index (χ0n) is 11.3. The van der Waals surface area contributed by atoms with Crippen LogP contribution in [0, 0.1) is 0 Å². The summed E-state index contributed by atoms with van der Waals surface area (Å²) in [6.07, 6.45) is 8.46. The van der Waals surface area contributed by atoms with Crippen molar-refractivity contribution in [3.05, 3.63) is 48.2 Å². The summed E-state index contributed by atoms with van der Waals surface area (Å²) in [6, 6.07) is 10.4. The maximum Gasteiger partial charge on any atom is 0.0776 e. The summed E-state index contributed by atoms with van der Waals surface area (Å²) in [7, 11) is -0.661. The van der Waals surface area contributed by atoms with E-state index in [9.17, 15) is 4.21 Å². The molecule has 2 nitrogen and oxygen atoms in total. The van der Waals surface area contributed by atoms with E-state index in [1.165, 1.54) is 22.9 Å². The molecule has 0 spiro atoms. The zero-order chi connectivity index (χ0) is 13.5.